The Hall–Kier alpha value is -3.93. The summed E-state index contributed by atoms with van der Waals surface area (Å²) in [5.41, 5.74) is 5.20. The molecule has 0 N–H and O–H groups in total. The second-order valence-corrected chi connectivity index (χ2v) is 16.1. The van der Waals surface area contributed by atoms with E-state index in [1.807, 2.05) is 60.2 Å². The molecule has 2 aromatic rings. The number of fused-ring (bicyclic) bond motifs is 2. The summed E-state index contributed by atoms with van der Waals surface area (Å²) in [5.74, 6) is -0.740. The maximum absolute atomic E-state index is 12.4. The zero-order valence-electron chi connectivity index (χ0n) is 34.0. The summed E-state index contributed by atoms with van der Waals surface area (Å²) in [6.45, 7) is 9.21. The molecule has 2 amide bonds. The molecule has 16 heteroatoms. The van der Waals surface area contributed by atoms with Crippen molar-refractivity contribution in [2.24, 2.45) is 4.99 Å². The van der Waals surface area contributed by atoms with Crippen molar-refractivity contribution in [3.8, 4) is 0 Å². The van der Waals surface area contributed by atoms with E-state index in [9.17, 15) is 19.6 Å². The van der Waals surface area contributed by atoms with E-state index in [0.717, 1.165) is 63.0 Å². The quantitative estimate of drug-likeness (QED) is 0.0254. The Bertz CT molecular complexity index is 1940. The molecule has 2 unspecified atom stereocenters. The molecule has 0 aliphatic carbocycles. The van der Waals surface area contributed by atoms with E-state index < -0.39 is 28.6 Å². The van der Waals surface area contributed by atoms with Gasteiger partial charge in [-0.05, 0) is 92.9 Å². The highest BCUT2D eigenvalue weighted by molar-refractivity contribution is 7.94. The first kappa shape index (κ1) is 45.2. The standard InChI is InChI=1S/C42H53ClN4O10S/c1-29-25-31(58-57-56-51)27-32-39(29)46(20-12-8-11-15-38(50)55-47-36(48)16-17-37(47)49)35(42(32,3)19-23-53-5)14-10-7-9-13-34-41(2,18-22-52-4)33-26-30(43)28-45(21-24-54-6)40(33)44-34/h7,9-10,13-14,25-28H,8,11-12,15-24H2,1-6H3. The Morgan fingerprint density at radius 3 is 2.34 bits per heavy atom. The molecule has 14 nitrogen and oxygen atoms in total. The number of unbranched alkanes of at least 4 members (excludes halogenated alkanes) is 2. The first-order valence-corrected chi connectivity index (χ1v) is 20.5. The monoisotopic (exact) mass is 840 g/mol. The number of aromatic nitrogens is 1. The Balaban J connectivity index is 1.40. The van der Waals surface area contributed by atoms with Crippen LogP contribution in [-0.2, 0) is 60.2 Å². The van der Waals surface area contributed by atoms with Crippen LogP contribution in [0.1, 0.15) is 81.9 Å². The number of imide groups is 1. The molecule has 5 rings (SSSR count). The van der Waals surface area contributed by atoms with Crippen LogP contribution in [0.5, 0.6) is 0 Å². The van der Waals surface area contributed by atoms with Gasteiger partial charge in [-0.15, -0.1) is 5.06 Å². The van der Waals surface area contributed by atoms with Crippen molar-refractivity contribution in [2.75, 3.05) is 52.6 Å². The molecule has 2 atom stereocenters. The number of anilines is 1. The summed E-state index contributed by atoms with van der Waals surface area (Å²) < 4.78 is 23.2. The normalized spacial score (nSPS) is 21.0. The minimum absolute atomic E-state index is 0.0525. The largest absolute Gasteiger partial charge is 0.691 e. The molecule has 1 aromatic heterocycles. The molecule has 58 heavy (non-hydrogen) atoms. The van der Waals surface area contributed by atoms with Crippen LogP contribution >= 0.6 is 23.6 Å². The molecule has 0 radical (unpaired) electrons. The summed E-state index contributed by atoms with van der Waals surface area (Å²) in [7, 11) is 5.05. The van der Waals surface area contributed by atoms with Crippen molar-refractivity contribution < 1.29 is 52.6 Å². The number of rotatable bonds is 22. The highest BCUT2D eigenvalue weighted by Gasteiger charge is 2.46. The van der Waals surface area contributed by atoms with Gasteiger partial charge in [0.2, 0.25) is 0 Å². The van der Waals surface area contributed by atoms with Crippen molar-refractivity contribution in [3.05, 3.63) is 82.2 Å². The van der Waals surface area contributed by atoms with Gasteiger partial charge in [0.1, 0.15) is 12.7 Å². The average molecular weight is 841 g/mol. The highest BCUT2D eigenvalue weighted by Crippen LogP contribution is 2.52. The number of methoxy groups -OCH3 is 3. The van der Waals surface area contributed by atoms with Crippen LogP contribution in [0, 0.1) is 6.92 Å². The molecule has 0 spiro atoms. The second-order valence-electron chi connectivity index (χ2n) is 14.9. The number of hydrogen-bond donors (Lipinski definition) is 0. The van der Waals surface area contributed by atoms with Crippen molar-refractivity contribution >= 4 is 58.6 Å². The van der Waals surface area contributed by atoms with Crippen LogP contribution in [0.4, 0.5) is 11.5 Å². The molecular weight excluding hydrogens is 788 g/mol. The summed E-state index contributed by atoms with van der Waals surface area (Å²) in [4.78, 5) is 49.4. The number of halogens is 1. The number of aryl methyl sites for hydroxylation is 1. The topological polar surface area (TPSA) is 152 Å². The Labute approximate surface area is 349 Å². The minimum atomic E-state index is -0.605. The fourth-order valence-corrected chi connectivity index (χ4v) is 8.52. The lowest BCUT2D eigenvalue weighted by atomic mass is 9.77. The molecule has 0 bridgehead atoms. The fourth-order valence-electron chi connectivity index (χ4n) is 7.80. The third-order valence-corrected chi connectivity index (χ3v) is 11.7. The highest BCUT2D eigenvalue weighted by atomic mass is 35.5. The fraction of sp³-hybridized carbons (Fsp3) is 0.500. The Morgan fingerprint density at radius 1 is 0.948 bits per heavy atom. The van der Waals surface area contributed by atoms with Gasteiger partial charge >= 0.3 is 11.8 Å². The first-order valence-electron chi connectivity index (χ1n) is 19.4. The van der Waals surface area contributed by atoms with E-state index in [1.165, 1.54) is 0 Å². The molecule has 1 fully saturated rings. The number of benzene rings is 1. The van der Waals surface area contributed by atoms with E-state index >= 15 is 0 Å². The van der Waals surface area contributed by atoms with Gasteiger partial charge in [-0.25, -0.2) is 9.36 Å². The van der Waals surface area contributed by atoms with Crippen LogP contribution in [0.25, 0.3) is 0 Å². The van der Waals surface area contributed by atoms with Crippen molar-refractivity contribution in [1.29, 1.82) is 0 Å². The van der Waals surface area contributed by atoms with E-state index in [2.05, 4.69) is 29.9 Å². The Morgan fingerprint density at radius 2 is 1.66 bits per heavy atom. The zero-order chi connectivity index (χ0) is 41.9. The molecule has 3 aliphatic rings. The third kappa shape index (κ3) is 10.3. The molecule has 4 heterocycles. The van der Waals surface area contributed by atoms with Crippen molar-refractivity contribution in [1.82, 2.24) is 5.06 Å². The summed E-state index contributed by atoms with van der Waals surface area (Å²) >= 11 is 7.46. The smallest absolute Gasteiger partial charge is 0.333 e. The first-order chi connectivity index (χ1) is 27.9. The molecule has 1 aromatic carbocycles. The number of pyridine rings is 1. The number of allylic oxidation sites excluding steroid dienone is 6. The molecule has 3 aliphatic heterocycles. The van der Waals surface area contributed by atoms with Gasteiger partial charge in [-0.3, -0.25) is 14.6 Å². The summed E-state index contributed by atoms with van der Waals surface area (Å²) in [5, 5.41) is 15.6. The van der Waals surface area contributed by atoms with Crippen LogP contribution < -0.4 is 14.7 Å². The van der Waals surface area contributed by atoms with Crippen molar-refractivity contribution in [3.63, 3.8) is 0 Å². The number of carbonyl (C=O) groups is 3. The van der Waals surface area contributed by atoms with E-state index in [-0.39, 0.29) is 19.3 Å². The number of nitrogens with zero attached hydrogens (tertiary/aromatic N) is 4. The minimum Gasteiger partial charge on any atom is -0.691 e. The van der Waals surface area contributed by atoms with Gasteiger partial charge in [-0.1, -0.05) is 36.2 Å². The predicted octanol–water partition coefficient (Wildman–Crippen LogP) is 6.17. The van der Waals surface area contributed by atoms with Gasteiger partial charge < -0.3 is 29.2 Å². The predicted molar refractivity (Wildman–Crippen MR) is 217 cm³/mol. The lowest BCUT2D eigenvalue weighted by Crippen LogP contribution is -2.37. The van der Waals surface area contributed by atoms with Crippen LogP contribution in [-0.4, -0.2) is 76.3 Å². The molecule has 314 valence electrons. The van der Waals surface area contributed by atoms with Crippen LogP contribution in [0.2, 0.25) is 5.02 Å². The van der Waals surface area contributed by atoms with Gasteiger partial charge in [-0.2, -0.15) is 4.33 Å². The van der Waals surface area contributed by atoms with E-state index in [4.69, 9.17) is 40.0 Å². The molecule has 0 saturated carbocycles. The molecular formula is C42H53ClN4O10S. The number of hydroxylamine groups is 2. The maximum Gasteiger partial charge on any atom is 0.333 e. The SMILES string of the molecule is COCC[n+]1cc(Cl)cc2c1N=C(/C=C/C=C/C=C1/N(CCCCCC(=O)ON3C(=O)CCC3=O)c3c(C)cc(SOO[O-])cc3C1(C)CCOC)C2(C)CCOC. The average Bonchev–Trinajstić information content (AvgIpc) is 3.76. The second kappa shape index (κ2) is 20.9. The number of hydrogen-bond acceptors (Lipinski definition) is 13. The number of ether oxygens (including phenoxy) is 3. The maximum atomic E-state index is 12.4. The number of aliphatic imine (C=N–C) groups is 1. The third-order valence-electron chi connectivity index (χ3n) is 11.0. The van der Waals surface area contributed by atoms with Crippen LogP contribution in [0.3, 0.4) is 0 Å². The zero-order valence-corrected chi connectivity index (χ0v) is 35.6. The summed E-state index contributed by atoms with van der Waals surface area (Å²) in [6, 6.07) is 5.97. The van der Waals surface area contributed by atoms with Gasteiger partial charge in [0.25, 0.3) is 11.8 Å². The Kier molecular flexibility index (Phi) is 16.2. The van der Waals surface area contributed by atoms with Gasteiger partial charge in [0.05, 0.1) is 34.7 Å². The van der Waals surface area contributed by atoms with Gasteiger partial charge in [0, 0.05) is 82.0 Å². The van der Waals surface area contributed by atoms with E-state index in [1.54, 1.807) is 21.3 Å². The lowest BCUT2D eigenvalue weighted by molar-refractivity contribution is -0.777. The molecule has 1 saturated heterocycles. The summed E-state index contributed by atoms with van der Waals surface area (Å²) in [6.07, 6.45) is 15.6. The van der Waals surface area contributed by atoms with E-state index in [0.29, 0.717) is 68.7 Å². The van der Waals surface area contributed by atoms with Gasteiger partial charge in [0.15, 0.2) is 5.71 Å². The van der Waals surface area contributed by atoms with Crippen LogP contribution in [0.15, 0.2) is 70.4 Å². The lowest BCUT2D eigenvalue weighted by Gasteiger charge is -2.30. The van der Waals surface area contributed by atoms with Crippen molar-refractivity contribution in [2.45, 2.75) is 94.4 Å². The number of carbonyl (C=O) groups excluding carboxylic acids is 3. The number of amides is 2.